The first kappa shape index (κ1) is 24.5. The highest BCUT2D eigenvalue weighted by Crippen LogP contribution is 2.61. The van der Waals surface area contributed by atoms with Crippen LogP contribution < -0.4 is 0 Å². The van der Waals surface area contributed by atoms with E-state index in [4.69, 9.17) is 14.2 Å². The number of fused-ring (bicyclic) bond motifs is 1. The molecule has 2 aliphatic carbocycles. The highest BCUT2D eigenvalue weighted by molar-refractivity contribution is 5.91. The molecule has 6 nitrogen and oxygen atoms in total. The summed E-state index contributed by atoms with van der Waals surface area (Å²) in [6.07, 6.45) is 8.12. The zero-order valence-corrected chi connectivity index (χ0v) is 20.4. The summed E-state index contributed by atoms with van der Waals surface area (Å²) in [5, 5.41) is 0. The van der Waals surface area contributed by atoms with Crippen LogP contribution in [-0.2, 0) is 28.6 Å². The van der Waals surface area contributed by atoms with Crippen LogP contribution >= 0.6 is 0 Å². The molecule has 0 aromatic rings. The van der Waals surface area contributed by atoms with E-state index in [1.165, 1.54) is 7.11 Å². The van der Waals surface area contributed by atoms with Crippen molar-refractivity contribution in [2.24, 2.45) is 28.6 Å². The summed E-state index contributed by atoms with van der Waals surface area (Å²) in [6.45, 7) is 10.9. The maximum atomic E-state index is 12.9. The average Bonchev–Trinajstić information content (AvgIpc) is 3.15. The quantitative estimate of drug-likeness (QED) is 0.414. The molecule has 1 saturated carbocycles. The summed E-state index contributed by atoms with van der Waals surface area (Å²) in [7, 11) is 1.39. The predicted octanol–water partition coefficient (Wildman–Crippen LogP) is 4.77. The second-order valence-corrected chi connectivity index (χ2v) is 10.6. The van der Waals surface area contributed by atoms with Crippen molar-refractivity contribution in [3.63, 3.8) is 0 Å². The second kappa shape index (κ2) is 9.40. The molecule has 1 aliphatic heterocycles. The van der Waals surface area contributed by atoms with Crippen molar-refractivity contribution in [2.45, 2.75) is 79.2 Å². The number of hydrogen-bond acceptors (Lipinski definition) is 6. The van der Waals surface area contributed by atoms with Gasteiger partial charge in [-0.1, -0.05) is 41.0 Å². The molecule has 3 aliphatic rings. The van der Waals surface area contributed by atoms with Gasteiger partial charge in [-0.2, -0.15) is 0 Å². The molecule has 0 aromatic carbocycles. The molecule has 6 heteroatoms. The van der Waals surface area contributed by atoms with Gasteiger partial charge in [-0.3, -0.25) is 4.79 Å². The molecule has 1 fully saturated rings. The first-order valence-electron chi connectivity index (χ1n) is 11.9. The van der Waals surface area contributed by atoms with Crippen LogP contribution in [0.25, 0.3) is 0 Å². The van der Waals surface area contributed by atoms with Crippen LogP contribution in [0, 0.1) is 28.6 Å². The number of ether oxygens (including phenoxy) is 3. The first-order valence-corrected chi connectivity index (χ1v) is 11.9. The van der Waals surface area contributed by atoms with Crippen molar-refractivity contribution in [1.29, 1.82) is 0 Å². The fourth-order valence-electron chi connectivity index (χ4n) is 6.31. The van der Waals surface area contributed by atoms with E-state index in [0.29, 0.717) is 37.0 Å². The van der Waals surface area contributed by atoms with Gasteiger partial charge in [0, 0.05) is 17.1 Å². The average molecular weight is 447 g/mol. The molecular formula is C26H38O6. The normalized spacial score (nSPS) is 32.2. The van der Waals surface area contributed by atoms with Crippen molar-refractivity contribution in [3.8, 4) is 0 Å². The Morgan fingerprint density at radius 2 is 1.97 bits per heavy atom. The Morgan fingerprint density at radius 1 is 1.25 bits per heavy atom. The standard InChI is InChI=1S/C26H38O6/c1-7-16(2)22(27)32-20-15-18(24(29)30-6)19(10-9-17-11-14-31-23(17)28)26(5)13-8-12-25(3,4)21(20)26/h11,15-16,19-21H,7-10,12-14H2,1-6H3/t16-,19+,20+,21+,26-/m1/s1. The summed E-state index contributed by atoms with van der Waals surface area (Å²) in [6, 6.07) is 0. The van der Waals surface area contributed by atoms with Gasteiger partial charge in [-0.25, -0.2) is 9.59 Å². The molecule has 32 heavy (non-hydrogen) atoms. The minimum atomic E-state index is -0.474. The molecular weight excluding hydrogens is 408 g/mol. The van der Waals surface area contributed by atoms with Crippen LogP contribution in [0.2, 0.25) is 0 Å². The van der Waals surface area contributed by atoms with Crippen molar-refractivity contribution in [3.05, 3.63) is 23.3 Å². The number of carbonyl (C=O) groups is 3. The fraction of sp³-hybridized carbons (Fsp3) is 0.731. The number of rotatable bonds is 7. The Labute approximate surface area is 191 Å². The van der Waals surface area contributed by atoms with Gasteiger partial charge >= 0.3 is 17.9 Å². The van der Waals surface area contributed by atoms with Gasteiger partial charge in [0.2, 0.25) is 0 Å². The molecule has 0 radical (unpaired) electrons. The Hall–Kier alpha value is -2.11. The van der Waals surface area contributed by atoms with Gasteiger partial charge in [-0.05, 0) is 61.0 Å². The summed E-state index contributed by atoms with van der Waals surface area (Å²) in [4.78, 5) is 37.7. The van der Waals surface area contributed by atoms with E-state index < -0.39 is 6.10 Å². The van der Waals surface area contributed by atoms with Crippen LogP contribution in [0.15, 0.2) is 23.3 Å². The molecule has 3 rings (SSSR count). The third-order valence-corrected chi connectivity index (χ3v) is 8.13. The third kappa shape index (κ3) is 4.51. The Morgan fingerprint density at radius 3 is 2.56 bits per heavy atom. The van der Waals surface area contributed by atoms with Gasteiger partial charge in [0.05, 0.1) is 13.0 Å². The third-order valence-electron chi connectivity index (χ3n) is 8.13. The van der Waals surface area contributed by atoms with E-state index in [2.05, 4.69) is 20.8 Å². The minimum Gasteiger partial charge on any atom is -0.466 e. The van der Waals surface area contributed by atoms with Crippen molar-refractivity contribution >= 4 is 17.9 Å². The number of esters is 3. The van der Waals surface area contributed by atoms with E-state index in [0.717, 1.165) is 19.3 Å². The first-order chi connectivity index (χ1) is 15.0. The molecule has 0 N–H and O–H groups in total. The highest BCUT2D eigenvalue weighted by Gasteiger charge is 2.58. The summed E-state index contributed by atoms with van der Waals surface area (Å²) >= 11 is 0. The molecule has 5 atom stereocenters. The zero-order valence-electron chi connectivity index (χ0n) is 20.4. The van der Waals surface area contributed by atoms with E-state index >= 15 is 0 Å². The number of cyclic esters (lactones) is 1. The maximum Gasteiger partial charge on any atom is 0.334 e. The molecule has 0 amide bonds. The Balaban J connectivity index is 2.02. The van der Waals surface area contributed by atoms with Crippen LogP contribution in [0.5, 0.6) is 0 Å². The van der Waals surface area contributed by atoms with Crippen LogP contribution in [0.4, 0.5) is 0 Å². The van der Waals surface area contributed by atoms with E-state index in [-0.39, 0.29) is 46.5 Å². The lowest BCUT2D eigenvalue weighted by molar-refractivity contribution is -0.169. The van der Waals surface area contributed by atoms with Gasteiger partial charge in [0.15, 0.2) is 0 Å². The minimum absolute atomic E-state index is 0.0602. The molecule has 1 heterocycles. The summed E-state index contributed by atoms with van der Waals surface area (Å²) in [5.74, 6) is -1.09. The molecule has 0 saturated heterocycles. The molecule has 0 spiro atoms. The smallest absolute Gasteiger partial charge is 0.334 e. The molecule has 0 unspecified atom stereocenters. The number of methoxy groups -OCH3 is 1. The van der Waals surface area contributed by atoms with Crippen molar-refractivity contribution in [2.75, 3.05) is 13.7 Å². The molecule has 178 valence electrons. The molecule has 0 aromatic heterocycles. The maximum absolute atomic E-state index is 12.9. The van der Waals surface area contributed by atoms with E-state index in [1.807, 2.05) is 26.0 Å². The summed E-state index contributed by atoms with van der Waals surface area (Å²) in [5.41, 5.74) is 0.923. The van der Waals surface area contributed by atoms with E-state index in [9.17, 15) is 14.4 Å². The van der Waals surface area contributed by atoms with Crippen LogP contribution in [-0.4, -0.2) is 37.7 Å². The van der Waals surface area contributed by atoms with Gasteiger partial charge in [-0.15, -0.1) is 0 Å². The lowest BCUT2D eigenvalue weighted by Gasteiger charge is -2.58. The zero-order chi connectivity index (χ0) is 23.7. The van der Waals surface area contributed by atoms with Crippen molar-refractivity contribution in [1.82, 2.24) is 0 Å². The Bertz CT molecular complexity index is 822. The second-order valence-electron chi connectivity index (χ2n) is 10.6. The van der Waals surface area contributed by atoms with Crippen LogP contribution in [0.1, 0.15) is 73.1 Å². The number of hydrogen-bond donors (Lipinski definition) is 0. The SMILES string of the molecule is CC[C@@H](C)C(=O)O[C@H]1C=C(C(=O)OC)[C@H](CCC2=CCOC2=O)[C@@]2(C)CCCC(C)(C)[C@H]12. The Kier molecular flexibility index (Phi) is 7.21. The van der Waals surface area contributed by atoms with Crippen LogP contribution in [0.3, 0.4) is 0 Å². The predicted molar refractivity (Wildman–Crippen MR) is 120 cm³/mol. The highest BCUT2D eigenvalue weighted by atomic mass is 16.5. The molecule has 0 bridgehead atoms. The largest absolute Gasteiger partial charge is 0.466 e. The van der Waals surface area contributed by atoms with Gasteiger partial charge in [0.25, 0.3) is 0 Å². The topological polar surface area (TPSA) is 78.9 Å². The lowest BCUT2D eigenvalue weighted by Crippen LogP contribution is -2.56. The van der Waals surface area contributed by atoms with Crippen molar-refractivity contribution < 1.29 is 28.6 Å². The summed E-state index contributed by atoms with van der Waals surface area (Å²) < 4.78 is 16.3. The van der Waals surface area contributed by atoms with E-state index in [1.54, 1.807) is 0 Å². The monoisotopic (exact) mass is 446 g/mol. The fourth-order valence-corrected chi connectivity index (χ4v) is 6.31. The number of carbonyl (C=O) groups excluding carboxylic acids is 3. The lowest BCUT2D eigenvalue weighted by atomic mass is 9.47. The van der Waals surface area contributed by atoms with Gasteiger partial charge in [0.1, 0.15) is 12.7 Å². The van der Waals surface area contributed by atoms with Gasteiger partial charge < -0.3 is 14.2 Å².